The average molecular weight is 280 g/mol. The van der Waals surface area contributed by atoms with Gasteiger partial charge in [0.15, 0.2) is 0 Å². The SMILES string of the molecule is CC(C)CNCc1c(F)cccc1N(CCO)C1CC1. The average Bonchev–Trinajstić information content (AvgIpc) is 3.22. The van der Waals surface area contributed by atoms with Gasteiger partial charge in [-0.1, -0.05) is 19.9 Å². The molecule has 2 N–H and O–H groups in total. The monoisotopic (exact) mass is 280 g/mol. The third kappa shape index (κ3) is 3.93. The lowest BCUT2D eigenvalue weighted by Gasteiger charge is -2.27. The highest BCUT2D eigenvalue weighted by Gasteiger charge is 2.30. The molecule has 1 fully saturated rings. The Morgan fingerprint density at radius 3 is 2.75 bits per heavy atom. The first-order chi connectivity index (χ1) is 9.63. The van der Waals surface area contributed by atoms with Crippen molar-refractivity contribution in [3.63, 3.8) is 0 Å². The van der Waals surface area contributed by atoms with Gasteiger partial charge in [-0.15, -0.1) is 0 Å². The molecule has 3 nitrogen and oxygen atoms in total. The molecule has 0 aromatic heterocycles. The van der Waals surface area contributed by atoms with Crippen LogP contribution in [-0.4, -0.2) is 30.8 Å². The number of benzene rings is 1. The number of aliphatic hydroxyl groups is 1. The first-order valence-corrected chi connectivity index (χ1v) is 7.49. The second-order valence-corrected chi connectivity index (χ2v) is 5.91. The summed E-state index contributed by atoms with van der Waals surface area (Å²) in [5, 5.41) is 12.5. The normalized spacial score (nSPS) is 14.8. The van der Waals surface area contributed by atoms with E-state index in [9.17, 15) is 9.50 Å². The standard InChI is InChI=1S/C16H25FN2O/c1-12(2)10-18-11-14-15(17)4-3-5-16(14)19(8-9-20)13-6-7-13/h3-5,12-13,18,20H,6-11H2,1-2H3. The predicted octanol–water partition coefficient (Wildman–Crippen LogP) is 2.53. The van der Waals surface area contributed by atoms with Crippen LogP contribution in [0.1, 0.15) is 32.3 Å². The predicted molar refractivity (Wildman–Crippen MR) is 80.4 cm³/mol. The lowest BCUT2D eigenvalue weighted by atomic mass is 10.1. The van der Waals surface area contributed by atoms with Crippen LogP contribution in [0.15, 0.2) is 18.2 Å². The molecule has 20 heavy (non-hydrogen) atoms. The van der Waals surface area contributed by atoms with Gasteiger partial charge in [-0.3, -0.25) is 0 Å². The summed E-state index contributed by atoms with van der Waals surface area (Å²) in [5.41, 5.74) is 1.64. The fourth-order valence-electron chi connectivity index (χ4n) is 2.47. The Balaban J connectivity index is 2.15. The van der Waals surface area contributed by atoms with Crippen LogP contribution < -0.4 is 10.2 Å². The van der Waals surface area contributed by atoms with Gasteiger partial charge in [0.25, 0.3) is 0 Å². The zero-order valence-corrected chi connectivity index (χ0v) is 12.4. The lowest BCUT2D eigenvalue weighted by molar-refractivity contribution is 0.301. The summed E-state index contributed by atoms with van der Waals surface area (Å²) in [5.74, 6) is 0.379. The smallest absolute Gasteiger partial charge is 0.129 e. The molecular formula is C16H25FN2O. The molecule has 0 aliphatic heterocycles. The number of hydrogen-bond donors (Lipinski definition) is 2. The summed E-state index contributed by atoms with van der Waals surface area (Å²) in [6, 6.07) is 5.69. The number of nitrogens with one attached hydrogen (secondary N) is 1. The van der Waals surface area contributed by atoms with Gasteiger partial charge in [-0.2, -0.15) is 0 Å². The zero-order valence-electron chi connectivity index (χ0n) is 12.4. The number of rotatable bonds is 8. The molecule has 0 atom stereocenters. The minimum absolute atomic E-state index is 0.103. The molecule has 1 aliphatic rings. The molecule has 0 saturated heterocycles. The van der Waals surface area contributed by atoms with Crippen LogP contribution >= 0.6 is 0 Å². The third-order valence-corrected chi connectivity index (χ3v) is 3.59. The van der Waals surface area contributed by atoms with Crippen molar-refractivity contribution in [2.45, 2.75) is 39.3 Å². The Bertz CT molecular complexity index is 432. The number of hydrogen-bond acceptors (Lipinski definition) is 3. The van der Waals surface area contributed by atoms with Crippen LogP contribution in [0.25, 0.3) is 0 Å². The van der Waals surface area contributed by atoms with Crippen molar-refractivity contribution in [1.29, 1.82) is 0 Å². The van der Waals surface area contributed by atoms with E-state index in [1.165, 1.54) is 6.07 Å². The van der Waals surface area contributed by atoms with E-state index in [2.05, 4.69) is 24.1 Å². The fourth-order valence-corrected chi connectivity index (χ4v) is 2.47. The lowest BCUT2D eigenvalue weighted by Crippen LogP contribution is -2.31. The van der Waals surface area contributed by atoms with E-state index < -0.39 is 0 Å². The molecule has 1 aliphatic carbocycles. The van der Waals surface area contributed by atoms with Gasteiger partial charge in [-0.25, -0.2) is 4.39 Å². The molecular weight excluding hydrogens is 255 g/mol. The molecule has 0 bridgehead atoms. The molecule has 0 spiro atoms. The Morgan fingerprint density at radius 2 is 2.15 bits per heavy atom. The van der Waals surface area contributed by atoms with E-state index in [1.807, 2.05) is 6.07 Å². The first kappa shape index (κ1) is 15.3. The van der Waals surface area contributed by atoms with Crippen LogP contribution in [0.2, 0.25) is 0 Å². The molecule has 0 heterocycles. The summed E-state index contributed by atoms with van der Waals surface area (Å²) >= 11 is 0. The molecule has 1 saturated carbocycles. The van der Waals surface area contributed by atoms with Crippen molar-refractivity contribution in [1.82, 2.24) is 5.32 Å². The van der Waals surface area contributed by atoms with E-state index in [-0.39, 0.29) is 12.4 Å². The van der Waals surface area contributed by atoms with E-state index in [0.29, 0.717) is 30.6 Å². The molecule has 1 aromatic carbocycles. The van der Waals surface area contributed by atoms with Crippen LogP contribution in [0.3, 0.4) is 0 Å². The summed E-state index contributed by atoms with van der Waals surface area (Å²) in [6.45, 7) is 6.36. The largest absolute Gasteiger partial charge is 0.395 e. The highest BCUT2D eigenvalue weighted by Crippen LogP contribution is 2.34. The highest BCUT2D eigenvalue weighted by molar-refractivity contribution is 5.56. The van der Waals surface area contributed by atoms with Crippen LogP contribution in [-0.2, 0) is 6.54 Å². The van der Waals surface area contributed by atoms with Crippen molar-refractivity contribution in [2.24, 2.45) is 5.92 Å². The minimum Gasteiger partial charge on any atom is -0.395 e. The number of anilines is 1. The zero-order chi connectivity index (χ0) is 14.5. The summed E-state index contributed by atoms with van der Waals surface area (Å²) in [6.07, 6.45) is 2.27. The van der Waals surface area contributed by atoms with E-state index in [0.717, 1.165) is 25.1 Å². The third-order valence-electron chi connectivity index (χ3n) is 3.59. The Hall–Kier alpha value is -1.13. The van der Waals surface area contributed by atoms with Gasteiger partial charge in [0.2, 0.25) is 0 Å². The summed E-state index contributed by atoms with van der Waals surface area (Å²) in [4.78, 5) is 2.15. The van der Waals surface area contributed by atoms with Crippen LogP contribution in [0.5, 0.6) is 0 Å². The van der Waals surface area contributed by atoms with Gasteiger partial charge in [0, 0.05) is 30.4 Å². The number of nitrogens with zero attached hydrogens (tertiary/aromatic N) is 1. The molecule has 0 amide bonds. The van der Waals surface area contributed by atoms with Gasteiger partial charge in [0.05, 0.1) is 6.61 Å². The van der Waals surface area contributed by atoms with Crippen LogP contribution in [0, 0.1) is 11.7 Å². The van der Waals surface area contributed by atoms with Crippen molar-refractivity contribution in [3.05, 3.63) is 29.6 Å². The number of halogens is 1. The maximum absolute atomic E-state index is 14.1. The Morgan fingerprint density at radius 1 is 1.40 bits per heavy atom. The Kier molecular flexibility index (Phi) is 5.38. The van der Waals surface area contributed by atoms with Crippen molar-refractivity contribution in [2.75, 3.05) is 24.6 Å². The van der Waals surface area contributed by atoms with E-state index in [1.54, 1.807) is 6.07 Å². The molecule has 1 aromatic rings. The molecule has 4 heteroatoms. The minimum atomic E-state index is -0.164. The molecule has 0 unspecified atom stereocenters. The van der Waals surface area contributed by atoms with Crippen molar-refractivity contribution >= 4 is 5.69 Å². The fraction of sp³-hybridized carbons (Fsp3) is 0.625. The maximum Gasteiger partial charge on any atom is 0.129 e. The molecule has 2 rings (SSSR count). The van der Waals surface area contributed by atoms with E-state index in [4.69, 9.17) is 0 Å². The summed E-state index contributed by atoms with van der Waals surface area (Å²) < 4.78 is 14.1. The van der Waals surface area contributed by atoms with Gasteiger partial charge in [0.1, 0.15) is 5.82 Å². The van der Waals surface area contributed by atoms with Gasteiger partial charge in [-0.05, 0) is 37.4 Å². The van der Waals surface area contributed by atoms with E-state index >= 15 is 0 Å². The van der Waals surface area contributed by atoms with Crippen LogP contribution in [0.4, 0.5) is 10.1 Å². The second-order valence-electron chi connectivity index (χ2n) is 5.91. The molecule has 112 valence electrons. The number of aliphatic hydroxyl groups excluding tert-OH is 1. The van der Waals surface area contributed by atoms with Crippen molar-refractivity contribution < 1.29 is 9.50 Å². The first-order valence-electron chi connectivity index (χ1n) is 7.49. The second kappa shape index (κ2) is 7.04. The molecule has 0 radical (unpaired) electrons. The highest BCUT2D eigenvalue weighted by atomic mass is 19.1. The summed E-state index contributed by atoms with van der Waals surface area (Å²) in [7, 11) is 0. The van der Waals surface area contributed by atoms with Crippen molar-refractivity contribution in [3.8, 4) is 0 Å². The Labute approximate surface area is 120 Å². The topological polar surface area (TPSA) is 35.5 Å². The maximum atomic E-state index is 14.1. The van der Waals surface area contributed by atoms with Gasteiger partial charge >= 0.3 is 0 Å². The van der Waals surface area contributed by atoms with Gasteiger partial charge < -0.3 is 15.3 Å². The quantitative estimate of drug-likeness (QED) is 0.768.